The number of rotatable bonds is 4. The van der Waals surface area contributed by atoms with Crippen LogP contribution in [0.1, 0.15) is 6.42 Å². The quantitative estimate of drug-likeness (QED) is 0.885. The highest BCUT2D eigenvalue weighted by Crippen LogP contribution is 2.26. The van der Waals surface area contributed by atoms with Gasteiger partial charge in [-0.15, -0.1) is 0 Å². The van der Waals surface area contributed by atoms with Crippen LogP contribution in [0.2, 0.25) is 5.02 Å². The van der Waals surface area contributed by atoms with Crippen LogP contribution < -0.4 is 5.73 Å². The molecule has 1 aromatic heterocycles. The molecule has 0 saturated carbocycles. The minimum absolute atomic E-state index is 0.681. The van der Waals surface area contributed by atoms with Crippen molar-refractivity contribution < 1.29 is 0 Å². The molecule has 0 bridgehead atoms. The molecule has 2 rings (SSSR count). The Hall–Kier alpha value is -1.32. The molecule has 2 N–H and O–H groups in total. The summed E-state index contributed by atoms with van der Waals surface area (Å²) in [6.07, 6.45) is 4.68. The molecule has 0 fully saturated rings. The lowest BCUT2D eigenvalue weighted by Gasteiger charge is -2.08. The van der Waals surface area contributed by atoms with E-state index in [2.05, 4.69) is 9.55 Å². The lowest BCUT2D eigenvalue weighted by atomic mass is 10.2. The summed E-state index contributed by atoms with van der Waals surface area (Å²) in [6, 6.07) is 7.73. The molecule has 84 valence electrons. The lowest BCUT2D eigenvalue weighted by Crippen LogP contribution is -2.06. The minimum atomic E-state index is 0.681. The smallest absolute Gasteiger partial charge is 0.141 e. The minimum Gasteiger partial charge on any atom is -0.331 e. The molecule has 0 aliphatic heterocycles. The fourth-order valence-corrected chi connectivity index (χ4v) is 1.86. The Morgan fingerprint density at radius 2 is 2.12 bits per heavy atom. The zero-order valence-electron chi connectivity index (χ0n) is 8.94. The van der Waals surface area contributed by atoms with Crippen molar-refractivity contribution in [3.05, 3.63) is 41.7 Å². The van der Waals surface area contributed by atoms with E-state index in [1.807, 2.05) is 30.5 Å². The zero-order chi connectivity index (χ0) is 11.4. The Bertz CT molecular complexity index is 465. The molecule has 0 aliphatic rings. The Kier molecular flexibility index (Phi) is 3.59. The monoisotopic (exact) mass is 235 g/mol. The molecule has 0 amide bonds. The molecule has 2 aromatic rings. The molecule has 0 saturated heterocycles. The van der Waals surface area contributed by atoms with Gasteiger partial charge >= 0.3 is 0 Å². The number of hydrogen-bond acceptors (Lipinski definition) is 2. The maximum absolute atomic E-state index is 6.14. The van der Waals surface area contributed by atoms with Crippen LogP contribution in [0.25, 0.3) is 11.4 Å². The number of aromatic nitrogens is 2. The molecule has 0 aliphatic carbocycles. The van der Waals surface area contributed by atoms with Crippen LogP contribution in [0.5, 0.6) is 0 Å². The van der Waals surface area contributed by atoms with Crippen molar-refractivity contribution in [2.24, 2.45) is 5.73 Å². The molecule has 0 unspecified atom stereocenters. The first kappa shape index (κ1) is 11.2. The number of nitrogens with two attached hydrogens (primary N) is 1. The lowest BCUT2D eigenvalue weighted by molar-refractivity contribution is 0.656. The maximum Gasteiger partial charge on any atom is 0.141 e. The van der Waals surface area contributed by atoms with Gasteiger partial charge in [0, 0.05) is 24.5 Å². The third-order valence-electron chi connectivity index (χ3n) is 2.43. The van der Waals surface area contributed by atoms with E-state index in [4.69, 9.17) is 17.3 Å². The first-order valence-corrected chi connectivity index (χ1v) is 5.67. The van der Waals surface area contributed by atoms with E-state index < -0.39 is 0 Å². The summed E-state index contributed by atoms with van der Waals surface area (Å²) in [5, 5.41) is 0.725. The van der Waals surface area contributed by atoms with E-state index >= 15 is 0 Å². The van der Waals surface area contributed by atoms with Crippen LogP contribution in [0.15, 0.2) is 36.7 Å². The molecule has 4 heteroatoms. The number of halogens is 1. The summed E-state index contributed by atoms with van der Waals surface area (Å²) < 4.78 is 2.08. The summed E-state index contributed by atoms with van der Waals surface area (Å²) in [4.78, 5) is 4.34. The molecule has 0 radical (unpaired) electrons. The molecule has 0 atom stereocenters. The Morgan fingerprint density at radius 1 is 1.31 bits per heavy atom. The van der Waals surface area contributed by atoms with Crippen molar-refractivity contribution in [2.75, 3.05) is 6.54 Å². The van der Waals surface area contributed by atoms with Crippen molar-refractivity contribution in [1.82, 2.24) is 9.55 Å². The van der Waals surface area contributed by atoms with Crippen molar-refractivity contribution in [3.63, 3.8) is 0 Å². The number of nitrogens with zero attached hydrogens (tertiary/aromatic N) is 2. The first-order chi connectivity index (χ1) is 7.83. The SMILES string of the molecule is NCCCn1ccnc1-c1ccccc1Cl. The predicted octanol–water partition coefficient (Wildman–Crippen LogP) is 2.55. The van der Waals surface area contributed by atoms with Gasteiger partial charge < -0.3 is 10.3 Å². The van der Waals surface area contributed by atoms with Gasteiger partial charge in [-0.1, -0.05) is 23.7 Å². The predicted molar refractivity (Wildman–Crippen MR) is 66.3 cm³/mol. The van der Waals surface area contributed by atoms with Crippen LogP contribution in [-0.2, 0) is 6.54 Å². The average Bonchev–Trinajstić information content (AvgIpc) is 2.75. The van der Waals surface area contributed by atoms with E-state index in [1.165, 1.54) is 0 Å². The molecule has 1 heterocycles. The van der Waals surface area contributed by atoms with Crippen LogP contribution in [-0.4, -0.2) is 16.1 Å². The Balaban J connectivity index is 2.33. The molecule has 3 nitrogen and oxygen atoms in total. The van der Waals surface area contributed by atoms with Gasteiger partial charge in [0.25, 0.3) is 0 Å². The van der Waals surface area contributed by atoms with Gasteiger partial charge in [-0.3, -0.25) is 0 Å². The summed E-state index contributed by atoms with van der Waals surface area (Å²) in [5.41, 5.74) is 6.47. The van der Waals surface area contributed by atoms with E-state index in [0.29, 0.717) is 6.54 Å². The summed E-state index contributed by atoms with van der Waals surface area (Å²) >= 11 is 6.14. The topological polar surface area (TPSA) is 43.8 Å². The fraction of sp³-hybridized carbons (Fsp3) is 0.250. The summed E-state index contributed by atoms with van der Waals surface area (Å²) in [6.45, 7) is 1.55. The number of imidazole rings is 1. The van der Waals surface area contributed by atoms with Crippen LogP contribution in [0.4, 0.5) is 0 Å². The van der Waals surface area contributed by atoms with Gasteiger partial charge in [-0.25, -0.2) is 4.98 Å². The van der Waals surface area contributed by atoms with Gasteiger partial charge in [0.15, 0.2) is 0 Å². The number of hydrogen-bond donors (Lipinski definition) is 1. The van der Waals surface area contributed by atoms with E-state index in [0.717, 1.165) is 29.4 Å². The highest BCUT2D eigenvalue weighted by Gasteiger charge is 2.08. The van der Waals surface area contributed by atoms with E-state index in [9.17, 15) is 0 Å². The van der Waals surface area contributed by atoms with Crippen molar-refractivity contribution in [3.8, 4) is 11.4 Å². The average molecular weight is 236 g/mol. The number of aryl methyl sites for hydroxylation is 1. The second-order valence-electron chi connectivity index (χ2n) is 3.57. The fourth-order valence-electron chi connectivity index (χ4n) is 1.64. The van der Waals surface area contributed by atoms with Crippen molar-refractivity contribution >= 4 is 11.6 Å². The van der Waals surface area contributed by atoms with Crippen molar-refractivity contribution in [2.45, 2.75) is 13.0 Å². The second-order valence-corrected chi connectivity index (χ2v) is 3.97. The maximum atomic E-state index is 6.14. The molecule has 16 heavy (non-hydrogen) atoms. The summed E-state index contributed by atoms with van der Waals surface area (Å²) in [5.74, 6) is 0.902. The summed E-state index contributed by atoms with van der Waals surface area (Å²) in [7, 11) is 0. The standard InChI is InChI=1S/C12H14ClN3/c13-11-5-2-1-4-10(11)12-15-7-9-16(12)8-3-6-14/h1-2,4-5,7,9H,3,6,8,14H2. The van der Waals surface area contributed by atoms with Crippen LogP contribution >= 0.6 is 11.6 Å². The van der Waals surface area contributed by atoms with Gasteiger partial charge in [0.2, 0.25) is 0 Å². The van der Waals surface area contributed by atoms with Gasteiger partial charge in [-0.05, 0) is 25.1 Å². The van der Waals surface area contributed by atoms with E-state index in [1.54, 1.807) is 6.20 Å². The molecule has 0 spiro atoms. The second kappa shape index (κ2) is 5.14. The third-order valence-corrected chi connectivity index (χ3v) is 2.76. The van der Waals surface area contributed by atoms with E-state index in [-0.39, 0.29) is 0 Å². The van der Waals surface area contributed by atoms with Crippen molar-refractivity contribution in [1.29, 1.82) is 0 Å². The molecular weight excluding hydrogens is 222 g/mol. The Morgan fingerprint density at radius 3 is 2.88 bits per heavy atom. The van der Waals surface area contributed by atoms with Crippen LogP contribution in [0.3, 0.4) is 0 Å². The first-order valence-electron chi connectivity index (χ1n) is 5.29. The van der Waals surface area contributed by atoms with Gasteiger partial charge in [0.05, 0.1) is 5.02 Å². The molecule has 1 aromatic carbocycles. The molecular formula is C12H14ClN3. The zero-order valence-corrected chi connectivity index (χ0v) is 9.69. The highest BCUT2D eigenvalue weighted by molar-refractivity contribution is 6.33. The largest absolute Gasteiger partial charge is 0.331 e. The normalized spacial score (nSPS) is 10.6. The Labute approximate surface area is 99.9 Å². The highest BCUT2D eigenvalue weighted by atomic mass is 35.5. The van der Waals surface area contributed by atoms with Gasteiger partial charge in [-0.2, -0.15) is 0 Å². The third kappa shape index (κ3) is 2.26. The van der Waals surface area contributed by atoms with Gasteiger partial charge in [0.1, 0.15) is 5.82 Å². The number of benzene rings is 1. The van der Waals surface area contributed by atoms with Crippen LogP contribution in [0, 0.1) is 0 Å².